The Morgan fingerprint density at radius 2 is 1.74 bits per heavy atom. The highest BCUT2D eigenvalue weighted by Gasteiger charge is 2.46. The maximum atomic E-state index is 14.8. The molecule has 1 aromatic heterocycles. The maximum Gasteiger partial charge on any atom is 0.295 e. The average molecular weight is 420 g/mol. The normalized spacial score (nSPS) is 17.9. The van der Waals surface area contributed by atoms with Gasteiger partial charge in [-0.15, -0.1) is 0 Å². The number of hydrogen-bond donors (Lipinski definition) is 1. The number of hydrogen-bond acceptors (Lipinski definition) is 4. The van der Waals surface area contributed by atoms with Crippen LogP contribution in [-0.4, -0.2) is 26.7 Å². The van der Waals surface area contributed by atoms with Crippen LogP contribution >= 0.6 is 0 Å². The molecule has 1 saturated heterocycles. The summed E-state index contributed by atoms with van der Waals surface area (Å²) in [7, 11) is 0. The zero-order valence-corrected chi connectivity index (χ0v) is 16.5. The Balaban J connectivity index is 1.90. The van der Waals surface area contributed by atoms with Crippen molar-refractivity contribution in [1.29, 1.82) is 0 Å². The number of carbonyl (C=O) groups excluding carboxylic acids is 2. The average Bonchev–Trinajstić information content (AvgIpc) is 3.01. The van der Waals surface area contributed by atoms with Crippen molar-refractivity contribution in [3.8, 4) is 0 Å². The molecular weight excluding hydrogens is 402 g/mol. The van der Waals surface area contributed by atoms with Gasteiger partial charge in [-0.3, -0.25) is 14.6 Å². The molecule has 1 N–H and O–H groups in total. The van der Waals surface area contributed by atoms with Crippen LogP contribution in [0.3, 0.4) is 0 Å². The molecule has 7 heteroatoms. The molecule has 0 spiro atoms. The van der Waals surface area contributed by atoms with Crippen LogP contribution in [-0.2, 0) is 16.1 Å². The van der Waals surface area contributed by atoms with E-state index in [-0.39, 0.29) is 28.8 Å². The summed E-state index contributed by atoms with van der Waals surface area (Å²) >= 11 is 0. The molecule has 1 fully saturated rings. The number of likely N-dealkylation sites (tertiary alicyclic amines) is 1. The number of aryl methyl sites for hydroxylation is 1. The van der Waals surface area contributed by atoms with Gasteiger partial charge in [0.25, 0.3) is 11.7 Å². The van der Waals surface area contributed by atoms with Gasteiger partial charge in [0.05, 0.1) is 11.6 Å². The van der Waals surface area contributed by atoms with Crippen LogP contribution in [0.4, 0.5) is 8.78 Å². The second-order valence-electron chi connectivity index (χ2n) is 7.27. The summed E-state index contributed by atoms with van der Waals surface area (Å²) < 4.78 is 28.4. The second kappa shape index (κ2) is 8.10. The summed E-state index contributed by atoms with van der Waals surface area (Å²) in [6, 6.07) is 11.9. The summed E-state index contributed by atoms with van der Waals surface area (Å²) in [5.74, 6) is -3.35. The van der Waals surface area contributed by atoms with E-state index in [1.165, 1.54) is 42.2 Å². The second-order valence-corrected chi connectivity index (χ2v) is 7.27. The zero-order valence-electron chi connectivity index (χ0n) is 16.5. The number of carbonyl (C=O) groups is 2. The summed E-state index contributed by atoms with van der Waals surface area (Å²) in [6.45, 7) is 1.54. The molecule has 0 bridgehead atoms. The summed E-state index contributed by atoms with van der Waals surface area (Å²) in [5, 5.41) is 11.0. The van der Waals surface area contributed by atoms with Gasteiger partial charge < -0.3 is 10.0 Å². The fourth-order valence-electron chi connectivity index (χ4n) is 3.70. The van der Waals surface area contributed by atoms with E-state index in [9.17, 15) is 23.5 Å². The molecule has 2 aromatic carbocycles. The molecule has 1 aliphatic heterocycles. The minimum absolute atomic E-state index is 0.0192. The van der Waals surface area contributed by atoms with E-state index in [2.05, 4.69) is 4.98 Å². The number of aliphatic hydroxyl groups is 1. The smallest absolute Gasteiger partial charge is 0.295 e. The standard InChI is InChI=1S/C24H18F2N2O3/c1-14-12-16(6-7-18(14)25)22(29)20-21(17-4-2-3-5-19(17)26)28(24(31)23(20)30)13-15-8-10-27-11-9-15/h2-12,21,29H,13H2,1H3/b22-20+. The van der Waals surface area contributed by atoms with Gasteiger partial charge in [0, 0.05) is 30.1 Å². The van der Waals surface area contributed by atoms with Crippen molar-refractivity contribution in [2.45, 2.75) is 19.5 Å². The molecule has 2 heterocycles. The number of pyridine rings is 1. The monoisotopic (exact) mass is 420 g/mol. The van der Waals surface area contributed by atoms with Gasteiger partial charge in [-0.1, -0.05) is 18.2 Å². The largest absolute Gasteiger partial charge is 0.507 e. The Kier molecular flexibility index (Phi) is 5.33. The van der Waals surface area contributed by atoms with E-state index in [1.807, 2.05) is 0 Å². The first-order valence-electron chi connectivity index (χ1n) is 9.56. The SMILES string of the molecule is Cc1cc(/C(O)=C2\C(=O)C(=O)N(Cc3ccncc3)C2c2ccccc2F)ccc1F. The Labute approximate surface area is 177 Å². The van der Waals surface area contributed by atoms with Gasteiger partial charge in [-0.05, 0) is 54.4 Å². The van der Waals surface area contributed by atoms with Gasteiger partial charge >= 0.3 is 0 Å². The van der Waals surface area contributed by atoms with E-state index < -0.39 is 35.1 Å². The molecule has 156 valence electrons. The molecule has 1 unspecified atom stereocenters. The third kappa shape index (κ3) is 3.70. The maximum absolute atomic E-state index is 14.8. The minimum Gasteiger partial charge on any atom is -0.507 e. The van der Waals surface area contributed by atoms with Gasteiger partial charge in [-0.25, -0.2) is 8.78 Å². The lowest BCUT2D eigenvalue weighted by Crippen LogP contribution is -2.29. The van der Waals surface area contributed by atoms with Gasteiger partial charge in [-0.2, -0.15) is 0 Å². The summed E-state index contributed by atoms with van der Waals surface area (Å²) in [4.78, 5) is 31.0. The van der Waals surface area contributed by atoms with Crippen LogP contribution in [0.2, 0.25) is 0 Å². The first-order valence-corrected chi connectivity index (χ1v) is 9.56. The minimum atomic E-state index is -1.14. The fourth-order valence-corrected chi connectivity index (χ4v) is 3.70. The van der Waals surface area contributed by atoms with E-state index in [4.69, 9.17) is 0 Å². The first-order chi connectivity index (χ1) is 14.9. The fraction of sp³-hybridized carbons (Fsp3) is 0.125. The Morgan fingerprint density at radius 1 is 1.03 bits per heavy atom. The molecule has 4 rings (SSSR count). The number of rotatable bonds is 4. The number of aromatic nitrogens is 1. The van der Waals surface area contributed by atoms with Crippen LogP contribution in [0.15, 0.2) is 72.6 Å². The highest BCUT2D eigenvalue weighted by Crippen LogP contribution is 2.41. The van der Waals surface area contributed by atoms with E-state index >= 15 is 0 Å². The van der Waals surface area contributed by atoms with Crippen molar-refractivity contribution in [2.75, 3.05) is 0 Å². The zero-order chi connectivity index (χ0) is 22.1. The van der Waals surface area contributed by atoms with Gasteiger partial charge in [0.1, 0.15) is 17.4 Å². The van der Waals surface area contributed by atoms with Crippen molar-refractivity contribution in [3.63, 3.8) is 0 Å². The van der Waals surface area contributed by atoms with E-state index in [0.29, 0.717) is 5.56 Å². The number of amides is 1. The van der Waals surface area contributed by atoms with Gasteiger partial charge in [0.15, 0.2) is 0 Å². The molecule has 1 aliphatic rings. The lowest BCUT2D eigenvalue weighted by molar-refractivity contribution is -0.140. The molecule has 1 amide bonds. The lowest BCUT2D eigenvalue weighted by Gasteiger charge is -2.25. The molecule has 0 radical (unpaired) electrons. The van der Waals surface area contributed by atoms with Crippen LogP contribution < -0.4 is 0 Å². The number of benzene rings is 2. The summed E-state index contributed by atoms with van der Waals surface area (Å²) in [5.41, 5.74) is 0.960. The highest BCUT2D eigenvalue weighted by molar-refractivity contribution is 6.46. The number of halogens is 2. The third-order valence-electron chi connectivity index (χ3n) is 5.27. The highest BCUT2D eigenvalue weighted by atomic mass is 19.1. The Hall–Kier alpha value is -3.87. The molecule has 5 nitrogen and oxygen atoms in total. The predicted octanol–water partition coefficient (Wildman–Crippen LogP) is 4.29. The molecule has 1 atom stereocenters. The number of aliphatic hydroxyl groups excluding tert-OH is 1. The van der Waals surface area contributed by atoms with Crippen LogP contribution in [0, 0.1) is 18.6 Å². The number of Topliss-reactive ketones (excluding diaryl/α,β-unsaturated/α-hetero) is 1. The van der Waals surface area contributed by atoms with Crippen LogP contribution in [0.1, 0.15) is 28.3 Å². The van der Waals surface area contributed by atoms with Gasteiger partial charge in [0.2, 0.25) is 0 Å². The van der Waals surface area contributed by atoms with Crippen LogP contribution in [0.25, 0.3) is 5.76 Å². The number of nitrogens with zero attached hydrogens (tertiary/aromatic N) is 2. The van der Waals surface area contributed by atoms with Crippen molar-refractivity contribution in [1.82, 2.24) is 9.88 Å². The third-order valence-corrected chi connectivity index (χ3v) is 5.27. The Morgan fingerprint density at radius 3 is 2.42 bits per heavy atom. The number of ketones is 1. The predicted molar refractivity (Wildman–Crippen MR) is 110 cm³/mol. The van der Waals surface area contributed by atoms with Crippen molar-refractivity contribution >= 4 is 17.4 Å². The molecule has 31 heavy (non-hydrogen) atoms. The quantitative estimate of drug-likeness (QED) is 0.388. The van der Waals surface area contributed by atoms with Crippen molar-refractivity contribution < 1.29 is 23.5 Å². The summed E-state index contributed by atoms with van der Waals surface area (Å²) in [6.07, 6.45) is 3.09. The first kappa shape index (κ1) is 20.4. The van der Waals surface area contributed by atoms with Crippen molar-refractivity contribution in [2.24, 2.45) is 0 Å². The molecule has 0 aliphatic carbocycles. The van der Waals surface area contributed by atoms with E-state index in [1.54, 1.807) is 30.6 Å². The Bertz CT molecular complexity index is 1210. The lowest BCUT2D eigenvalue weighted by atomic mass is 9.94. The molecular formula is C24H18F2N2O3. The van der Waals surface area contributed by atoms with Crippen LogP contribution in [0.5, 0.6) is 0 Å². The molecule has 0 saturated carbocycles. The molecule has 3 aromatic rings. The van der Waals surface area contributed by atoms with Crippen molar-refractivity contribution in [3.05, 3.63) is 106 Å². The van der Waals surface area contributed by atoms with E-state index in [0.717, 1.165) is 6.07 Å². The topological polar surface area (TPSA) is 70.5 Å².